The van der Waals surface area contributed by atoms with E-state index < -0.39 is 0 Å². The highest BCUT2D eigenvalue weighted by atomic mass is 16.2. The smallest absolute Gasteiger partial charge is 0.256 e. The highest BCUT2D eigenvalue weighted by Gasteiger charge is 2.28. The normalized spacial score (nSPS) is 16.1. The SMILES string of the molecule is Cc1nn(C)c2nc(C3CC3)cc(C(=O)Nc3cccc(C(=O)NC4CC4)c3)c12. The molecule has 2 fully saturated rings. The largest absolute Gasteiger partial charge is 0.349 e. The first-order valence-corrected chi connectivity index (χ1v) is 10.1. The van der Waals surface area contributed by atoms with Crippen molar-refractivity contribution in [2.75, 3.05) is 5.32 Å². The number of pyridine rings is 1. The van der Waals surface area contributed by atoms with Gasteiger partial charge in [-0.1, -0.05) is 6.07 Å². The number of carbonyl (C=O) groups excluding carboxylic acids is 2. The molecule has 0 bridgehead atoms. The van der Waals surface area contributed by atoms with E-state index in [9.17, 15) is 9.59 Å². The maximum Gasteiger partial charge on any atom is 0.256 e. The van der Waals surface area contributed by atoms with Gasteiger partial charge in [0.1, 0.15) is 0 Å². The van der Waals surface area contributed by atoms with Crippen LogP contribution in [0, 0.1) is 6.92 Å². The lowest BCUT2D eigenvalue weighted by molar-refractivity contribution is 0.0949. The first-order chi connectivity index (χ1) is 14.0. The predicted octanol–water partition coefficient (Wildman–Crippen LogP) is 3.30. The Morgan fingerprint density at radius 1 is 1.10 bits per heavy atom. The number of aromatic nitrogens is 3. The molecule has 148 valence electrons. The van der Waals surface area contributed by atoms with E-state index in [2.05, 4.69) is 15.7 Å². The Hall–Kier alpha value is -3.22. The fourth-order valence-electron chi connectivity index (χ4n) is 3.66. The number of rotatable bonds is 5. The Morgan fingerprint density at radius 2 is 1.90 bits per heavy atom. The van der Waals surface area contributed by atoms with Gasteiger partial charge in [0.25, 0.3) is 11.8 Å². The molecule has 1 aromatic carbocycles. The van der Waals surface area contributed by atoms with E-state index in [0.29, 0.717) is 28.8 Å². The van der Waals surface area contributed by atoms with Gasteiger partial charge in [0.2, 0.25) is 0 Å². The second-order valence-electron chi connectivity index (χ2n) is 8.06. The number of nitrogens with zero attached hydrogens (tertiary/aromatic N) is 3. The molecule has 2 amide bonds. The summed E-state index contributed by atoms with van der Waals surface area (Å²) >= 11 is 0. The molecule has 7 nitrogen and oxygen atoms in total. The summed E-state index contributed by atoms with van der Waals surface area (Å²) in [5.41, 5.74) is 4.18. The van der Waals surface area contributed by atoms with Crippen LogP contribution >= 0.6 is 0 Å². The van der Waals surface area contributed by atoms with Crippen molar-refractivity contribution in [1.82, 2.24) is 20.1 Å². The molecular formula is C22H23N5O2. The zero-order valence-corrected chi connectivity index (χ0v) is 16.5. The minimum absolute atomic E-state index is 0.103. The summed E-state index contributed by atoms with van der Waals surface area (Å²) in [6, 6.07) is 9.24. The van der Waals surface area contributed by atoms with E-state index in [1.165, 1.54) is 0 Å². The summed E-state index contributed by atoms with van der Waals surface area (Å²) in [6.45, 7) is 1.89. The van der Waals surface area contributed by atoms with Gasteiger partial charge >= 0.3 is 0 Å². The first kappa shape index (κ1) is 17.8. The summed E-state index contributed by atoms with van der Waals surface area (Å²) < 4.78 is 1.73. The monoisotopic (exact) mass is 389 g/mol. The standard InChI is InChI=1S/C22H23N5O2/c1-12-19-17(11-18(13-6-7-13)25-20(19)27(2)26-12)22(29)24-16-5-3-4-14(10-16)21(28)23-15-8-9-15/h3-5,10-11,13,15H,6-9H2,1-2H3,(H,23,28)(H,24,29). The molecule has 0 saturated heterocycles. The molecule has 0 spiro atoms. The van der Waals surface area contributed by atoms with Gasteiger partial charge in [-0.3, -0.25) is 14.3 Å². The van der Waals surface area contributed by atoms with E-state index in [-0.39, 0.29) is 11.8 Å². The van der Waals surface area contributed by atoms with Crippen LogP contribution in [0.25, 0.3) is 11.0 Å². The number of amides is 2. The first-order valence-electron chi connectivity index (χ1n) is 10.1. The summed E-state index contributed by atoms with van der Waals surface area (Å²) in [7, 11) is 1.85. The molecule has 2 N–H and O–H groups in total. The number of fused-ring (bicyclic) bond motifs is 1. The van der Waals surface area contributed by atoms with Crippen molar-refractivity contribution in [3.05, 3.63) is 52.8 Å². The number of anilines is 1. The van der Waals surface area contributed by atoms with Crippen LogP contribution in [-0.4, -0.2) is 32.6 Å². The van der Waals surface area contributed by atoms with Gasteiger partial charge in [-0.2, -0.15) is 5.10 Å². The van der Waals surface area contributed by atoms with Gasteiger partial charge in [0.05, 0.1) is 16.6 Å². The van der Waals surface area contributed by atoms with Crippen molar-refractivity contribution in [3.8, 4) is 0 Å². The summed E-state index contributed by atoms with van der Waals surface area (Å²) in [5, 5.41) is 11.2. The van der Waals surface area contributed by atoms with Crippen molar-refractivity contribution in [1.29, 1.82) is 0 Å². The van der Waals surface area contributed by atoms with Crippen molar-refractivity contribution in [2.24, 2.45) is 7.05 Å². The molecule has 3 aromatic rings. The van der Waals surface area contributed by atoms with Crippen LogP contribution in [0.5, 0.6) is 0 Å². The highest BCUT2D eigenvalue weighted by Crippen LogP contribution is 2.40. The fourth-order valence-corrected chi connectivity index (χ4v) is 3.66. The fraction of sp³-hybridized carbons (Fsp3) is 0.364. The van der Waals surface area contributed by atoms with E-state index in [1.807, 2.05) is 20.0 Å². The molecule has 29 heavy (non-hydrogen) atoms. The van der Waals surface area contributed by atoms with Crippen LogP contribution in [0.3, 0.4) is 0 Å². The third-order valence-corrected chi connectivity index (χ3v) is 5.52. The van der Waals surface area contributed by atoms with Crippen molar-refractivity contribution in [2.45, 2.75) is 44.6 Å². The number of hydrogen-bond acceptors (Lipinski definition) is 4. The maximum absolute atomic E-state index is 13.2. The van der Waals surface area contributed by atoms with Crippen LogP contribution < -0.4 is 10.6 Å². The summed E-state index contributed by atoms with van der Waals surface area (Å²) in [5.74, 6) is 0.111. The van der Waals surface area contributed by atoms with Gasteiger partial charge in [0, 0.05) is 36.0 Å². The van der Waals surface area contributed by atoms with Crippen molar-refractivity contribution < 1.29 is 9.59 Å². The van der Waals surface area contributed by atoms with Crippen LogP contribution in [0.2, 0.25) is 0 Å². The van der Waals surface area contributed by atoms with Crippen molar-refractivity contribution in [3.63, 3.8) is 0 Å². The molecule has 0 aliphatic heterocycles. The number of hydrogen-bond donors (Lipinski definition) is 2. The number of carbonyl (C=O) groups is 2. The lowest BCUT2D eigenvalue weighted by Crippen LogP contribution is -2.25. The number of nitrogens with one attached hydrogen (secondary N) is 2. The Kier molecular flexibility index (Phi) is 4.12. The van der Waals surface area contributed by atoms with Gasteiger partial charge < -0.3 is 10.6 Å². The molecule has 0 unspecified atom stereocenters. The van der Waals surface area contributed by atoms with Crippen LogP contribution in [0.15, 0.2) is 30.3 Å². The van der Waals surface area contributed by atoms with E-state index >= 15 is 0 Å². The van der Waals surface area contributed by atoms with Crippen LogP contribution in [-0.2, 0) is 7.05 Å². The molecule has 0 radical (unpaired) electrons. The lowest BCUT2D eigenvalue weighted by atomic mass is 10.1. The van der Waals surface area contributed by atoms with Gasteiger partial charge in [-0.25, -0.2) is 4.98 Å². The average molecular weight is 389 g/mol. The average Bonchev–Trinajstić information content (AvgIpc) is 3.61. The predicted molar refractivity (Wildman–Crippen MR) is 110 cm³/mol. The highest BCUT2D eigenvalue weighted by molar-refractivity contribution is 6.13. The summed E-state index contributed by atoms with van der Waals surface area (Å²) in [6.07, 6.45) is 4.28. The minimum Gasteiger partial charge on any atom is -0.349 e. The summed E-state index contributed by atoms with van der Waals surface area (Å²) in [4.78, 5) is 30.2. The van der Waals surface area contributed by atoms with Gasteiger partial charge in [-0.15, -0.1) is 0 Å². The minimum atomic E-state index is -0.213. The molecular weight excluding hydrogens is 366 g/mol. The van der Waals surface area contributed by atoms with Gasteiger partial charge in [0.15, 0.2) is 5.65 Å². The molecule has 2 aliphatic rings. The Labute approximate surface area is 168 Å². The Balaban J connectivity index is 1.46. The molecule has 0 atom stereocenters. The van der Waals surface area contributed by atoms with Gasteiger partial charge in [-0.05, 0) is 56.9 Å². The third-order valence-electron chi connectivity index (χ3n) is 5.52. The Morgan fingerprint density at radius 3 is 2.62 bits per heavy atom. The molecule has 5 rings (SSSR count). The Bertz CT molecular complexity index is 1140. The lowest BCUT2D eigenvalue weighted by Gasteiger charge is -2.10. The second-order valence-corrected chi connectivity index (χ2v) is 8.06. The molecule has 2 aliphatic carbocycles. The van der Waals surface area contributed by atoms with E-state index in [4.69, 9.17) is 4.98 Å². The topological polar surface area (TPSA) is 88.9 Å². The zero-order chi connectivity index (χ0) is 20.1. The number of aryl methyl sites for hydroxylation is 2. The second kappa shape index (κ2) is 6.69. The van der Waals surface area contributed by atoms with Crippen LogP contribution in [0.1, 0.15) is 63.7 Å². The quantitative estimate of drug-likeness (QED) is 0.701. The molecule has 2 saturated carbocycles. The third kappa shape index (κ3) is 3.48. The van der Waals surface area contributed by atoms with Crippen LogP contribution in [0.4, 0.5) is 5.69 Å². The molecule has 2 heterocycles. The maximum atomic E-state index is 13.2. The van der Waals surface area contributed by atoms with Crippen molar-refractivity contribution >= 4 is 28.5 Å². The molecule has 2 aromatic heterocycles. The molecule has 7 heteroatoms. The van der Waals surface area contributed by atoms with E-state index in [1.54, 1.807) is 28.9 Å². The number of benzene rings is 1. The zero-order valence-electron chi connectivity index (χ0n) is 16.5. The van der Waals surface area contributed by atoms with E-state index in [0.717, 1.165) is 48.1 Å².